The fourth-order valence-corrected chi connectivity index (χ4v) is 0.489. The average Bonchev–Trinajstić information content (AvgIpc) is 2.03. The summed E-state index contributed by atoms with van der Waals surface area (Å²) in [7, 11) is 0. The Balaban J connectivity index is -0.000000209. The second-order valence-corrected chi connectivity index (χ2v) is 3.04. The zero-order valence-electron chi connectivity index (χ0n) is 9.31. The molecule has 0 spiro atoms. The van der Waals surface area contributed by atoms with Crippen LogP contribution >= 0.6 is 12.4 Å². The van der Waals surface area contributed by atoms with Gasteiger partial charge >= 0.3 is 0 Å². The van der Waals surface area contributed by atoms with Gasteiger partial charge in [0, 0.05) is 19.6 Å². The van der Waals surface area contributed by atoms with Crippen molar-refractivity contribution in [3.8, 4) is 0 Å². The maximum Gasteiger partial charge on any atom is 0.0162 e. The molecule has 0 fully saturated rings. The van der Waals surface area contributed by atoms with Crippen LogP contribution in [0.3, 0.4) is 0 Å². The Morgan fingerprint density at radius 1 is 1.21 bits per heavy atom. The molecule has 0 amide bonds. The molecule has 3 N–H and O–H groups in total. The molecular formula is C11H23ClN2. The molecule has 0 aromatic rings. The number of hydrogen-bond acceptors (Lipinski definition) is 2. The van der Waals surface area contributed by atoms with Crippen molar-refractivity contribution in [2.45, 2.75) is 13.8 Å². The number of hydrogen-bond donors (Lipinski definition) is 2. The first-order chi connectivity index (χ1) is 6.04. The van der Waals surface area contributed by atoms with E-state index >= 15 is 0 Å². The number of rotatable bonds is 5. The van der Waals surface area contributed by atoms with Gasteiger partial charge in [-0.1, -0.05) is 30.4 Å². The van der Waals surface area contributed by atoms with Crippen LogP contribution in [0, 0.1) is 0 Å². The van der Waals surface area contributed by atoms with Gasteiger partial charge in [-0.25, -0.2) is 0 Å². The molecule has 0 aliphatic rings. The van der Waals surface area contributed by atoms with Crippen LogP contribution in [0.25, 0.3) is 0 Å². The minimum Gasteiger partial charge on any atom is -0.327 e. The molecule has 0 heterocycles. The molecule has 2 nitrogen and oxygen atoms in total. The van der Waals surface area contributed by atoms with Crippen LogP contribution < -0.4 is 11.1 Å². The van der Waals surface area contributed by atoms with E-state index in [0.717, 1.165) is 24.2 Å². The quantitative estimate of drug-likeness (QED) is 0.695. The summed E-state index contributed by atoms with van der Waals surface area (Å²) in [5.41, 5.74) is 7.24. The Kier molecular flexibility index (Phi) is 20.3. The Morgan fingerprint density at radius 3 is 1.64 bits per heavy atom. The lowest BCUT2D eigenvalue weighted by Gasteiger charge is -2.01. The molecule has 0 aromatic carbocycles. The maximum atomic E-state index is 4.91. The lowest BCUT2D eigenvalue weighted by atomic mass is 10.3. The minimum absolute atomic E-state index is 0. The fourth-order valence-electron chi connectivity index (χ4n) is 0.489. The number of nitrogens with two attached hydrogens (primary N) is 1. The van der Waals surface area contributed by atoms with Gasteiger partial charge < -0.3 is 11.1 Å². The first-order valence-electron chi connectivity index (χ1n) is 4.35. The SMILES string of the molecule is C=C(C)CNCC(=C)C.C=CCN.Cl. The van der Waals surface area contributed by atoms with Crippen molar-refractivity contribution in [2.24, 2.45) is 5.73 Å². The standard InChI is InChI=1S/C8H15N.C3H7N.ClH/c1-7(2)5-9-6-8(3)4;1-2-3-4;/h9H,1,3,5-6H2,2,4H3;2H,1,3-4H2;1H. The van der Waals surface area contributed by atoms with Crippen molar-refractivity contribution in [3.63, 3.8) is 0 Å². The van der Waals surface area contributed by atoms with E-state index in [1.807, 2.05) is 13.8 Å². The Labute approximate surface area is 94.4 Å². The van der Waals surface area contributed by atoms with E-state index in [-0.39, 0.29) is 12.4 Å². The topological polar surface area (TPSA) is 38.0 Å². The van der Waals surface area contributed by atoms with Gasteiger partial charge in [0.25, 0.3) is 0 Å². The summed E-state index contributed by atoms with van der Waals surface area (Å²) in [6.07, 6.45) is 1.65. The lowest BCUT2D eigenvalue weighted by molar-refractivity contribution is 0.793. The van der Waals surface area contributed by atoms with Crippen molar-refractivity contribution in [1.82, 2.24) is 5.32 Å². The van der Waals surface area contributed by atoms with Crippen molar-refractivity contribution in [3.05, 3.63) is 37.0 Å². The third-order valence-corrected chi connectivity index (χ3v) is 1.02. The highest BCUT2D eigenvalue weighted by Gasteiger charge is 1.85. The third kappa shape index (κ3) is 30.1. The Hall–Kier alpha value is -0.570. The molecule has 0 aliphatic heterocycles. The Bertz CT molecular complexity index is 151. The van der Waals surface area contributed by atoms with Crippen LogP contribution in [0.5, 0.6) is 0 Å². The molecule has 0 aromatic heterocycles. The normalized spacial score (nSPS) is 7.64. The summed E-state index contributed by atoms with van der Waals surface area (Å²) >= 11 is 0. The summed E-state index contributed by atoms with van der Waals surface area (Å²) in [6, 6.07) is 0. The van der Waals surface area contributed by atoms with Crippen molar-refractivity contribution < 1.29 is 0 Å². The van der Waals surface area contributed by atoms with Gasteiger partial charge in [-0.3, -0.25) is 0 Å². The van der Waals surface area contributed by atoms with E-state index in [4.69, 9.17) is 5.73 Å². The molecule has 0 atom stereocenters. The second kappa shape index (κ2) is 14.9. The van der Waals surface area contributed by atoms with Gasteiger partial charge in [0.15, 0.2) is 0 Å². The molecule has 0 radical (unpaired) electrons. The van der Waals surface area contributed by atoms with Crippen LogP contribution in [0.2, 0.25) is 0 Å². The van der Waals surface area contributed by atoms with Gasteiger partial charge in [0.1, 0.15) is 0 Å². The summed E-state index contributed by atoms with van der Waals surface area (Å²) in [6.45, 7) is 17.3. The summed E-state index contributed by atoms with van der Waals surface area (Å²) < 4.78 is 0. The van der Waals surface area contributed by atoms with E-state index in [0.29, 0.717) is 6.54 Å². The lowest BCUT2D eigenvalue weighted by Crippen LogP contribution is -2.17. The monoisotopic (exact) mass is 218 g/mol. The molecule has 0 rings (SSSR count). The van der Waals surface area contributed by atoms with E-state index in [1.165, 1.54) is 0 Å². The van der Waals surface area contributed by atoms with E-state index in [9.17, 15) is 0 Å². The van der Waals surface area contributed by atoms with Crippen LogP contribution in [0.1, 0.15) is 13.8 Å². The van der Waals surface area contributed by atoms with Crippen LogP contribution in [0.15, 0.2) is 37.0 Å². The second-order valence-electron chi connectivity index (χ2n) is 3.04. The van der Waals surface area contributed by atoms with Gasteiger partial charge in [-0.15, -0.1) is 19.0 Å². The molecule has 0 bridgehead atoms. The molecule has 0 saturated carbocycles. The van der Waals surface area contributed by atoms with Crippen molar-refractivity contribution in [2.75, 3.05) is 19.6 Å². The van der Waals surface area contributed by atoms with Crippen molar-refractivity contribution >= 4 is 12.4 Å². The van der Waals surface area contributed by atoms with E-state index < -0.39 is 0 Å². The predicted molar refractivity (Wildman–Crippen MR) is 69.0 cm³/mol. The van der Waals surface area contributed by atoms with E-state index in [2.05, 4.69) is 25.1 Å². The number of nitrogens with one attached hydrogen (secondary N) is 1. The fraction of sp³-hybridized carbons (Fsp3) is 0.455. The summed E-state index contributed by atoms with van der Waals surface area (Å²) in [5, 5.41) is 3.19. The molecule has 3 heteroatoms. The van der Waals surface area contributed by atoms with Crippen molar-refractivity contribution in [1.29, 1.82) is 0 Å². The highest BCUT2D eigenvalue weighted by Crippen LogP contribution is 1.84. The third-order valence-electron chi connectivity index (χ3n) is 1.02. The first kappa shape index (κ1) is 19.1. The van der Waals surface area contributed by atoms with Gasteiger partial charge in [-0.2, -0.15) is 0 Å². The largest absolute Gasteiger partial charge is 0.327 e. The van der Waals surface area contributed by atoms with Crippen LogP contribution in [-0.4, -0.2) is 19.6 Å². The zero-order chi connectivity index (χ0) is 10.7. The van der Waals surface area contributed by atoms with Gasteiger partial charge in [0.05, 0.1) is 0 Å². The molecular weight excluding hydrogens is 196 g/mol. The first-order valence-corrected chi connectivity index (χ1v) is 4.35. The number of halogens is 1. The van der Waals surface area contributed by atoms with Crippen LogP contribution in [0.4, 0.5) is 0 Å². The highest BCUT2D eigenvalue weighted by molar-refractivity contribution is 5.85. The van der Waals surface area contributed by atoms with Gasteiger partial charge in [-0.05, 0) is 13.8 Å². The highest BCUT2D eigenvalue weighted by atomic mass is 35.5. The maximum absolute atomic E-state index is 4.91. The molecule has 84 valence electrons. The van der Waals surface area contributed by atoms with Crippen LogP contribution in [-0.2, 0) is 0 Å². The molecule has 14 heavy (non-hydrogen) atoms. The molecule has 0 saturated heterocycles. The Morgan fingerprint density at radius 2 is 1.50 bits per heavy atom. The average molecular weight is 219 g/mol. The smallest absolute Gasteiger partial charge is 0.0162 e. The minimum atomic E-state index is 0. The summed E-state index contributed by atoms with van der Waals surface area (Å²) in [4.78, 5) is 0. The molecule has 0 aliphatic carbocycles. The predicted octanol–water partition coefficient (Wildman–Crippen LogP) is 2.28. The zero-order valence-corrected chi connectivity index (χ0v) is 10.1. The molecule has 0 unspecified atom stereocenters. The summed E-state index contributed by atoms with van der Waals surface area (Å²) in [5.74, 6) is 0. The van der Waals surface area contributed by atoms with Gasteiger partial charge in [0.2, 0.25) is 0 Å². The van der Waals surface area contributed by atoms with E-state index in [1.54, 1.807) is 6.08 Å².